The Kier molecular flexibility index (Phi) is 11.4. The van der Waals surface area contributed by atoms with E-state index < -0.39 is 6.98 Å². The van der Waals surface area contributed by atoms with E-state index in [0.717, 1.165) is 92.0 Å². The molecule has 4 aliphatic heterocycles. The normalized spacial score (nSPS) is 15.4. The molecule has 0 radical (unpaired) electrons. The number of aryl methyl sites for hydroxylation is 2. The predicted octanol–water partition coefficient (Wildman–Crippen LogP) is 18.1. The van der Waals surface area contributed by atoms with Gasteiger partial charge in [0.25, 0.3) is 0 Å². The second-order valence-electron chi connectivity index (χ2n) is 23.8. The molecule has 4 aliphatic rings. The van der Waals surface area contributed by atoms with Crippen molar-refractivity contribution in [3.05, 3.63) is 216 Å². The number of hydrogen-bond acceptors (Lipinski definition) is 10. The predicted molar refractivity (Wildman–Crippen MR) is 334 cm³/mol. The largest absolute Gasteiger partial charge is 0.457 e. The van der Waals surface area contributed by atoms with E-state index in [1.165, 1.54) is 33.0 Å². The summed E-state index contributed by atoms with van der Waals surface area (Å²) in [6.07, 6.45) is 0. The molecule has 0 aliphatic carbocycles. The summed E-state index contributed by atoms with van der Waals surface area (Å²) in [4.78, 5) is 17.8. The molecule has 9 aromatic carbocycles. The number of ether oxygens (including phenoxy) is 2. The SMILES string of the molecule is [2H]C([2H])([2H])N1CN(c2cccc(Oc3cc(N4CN(c5cc(C)c(N6CN(c7cc(Oc8cccc(N9CN(C)c%10ccccc%109)c8)cc(C(C)(C)C)c7)c7ccccc76)cc5C)c5ccccc54)cc(C(C)(C)C)c3)c2)c2ccccc21. The van der Waals surface area contributed by atoms with Gasteiger partial charge in [0.1, 0.15) is 36.3 Å². The Bertz CT molecular complexity index is 3980. The van der Waals surface area contributed by atoms with Crippen molar-refractivity contribution < 1.29 is 13.6 Å². The number of rotatable bonds is 10. The van der Waals surface area contributed by atoms with Crippen molar-refractivity contribution in [1.29, 1.82) is 0 Å². The first-order valence-electron chi connectivity index (χ1n) is 29.2. The highest BCUT2D eigenvalue weighted by Gasteiger charge is 2.34. The third-order valence-corrected chi connectivity index (χ3v) is 16.1. The van der Waals surface area contributed by atoms with Crippen molar-refractivity contribution >= 4 is 79.6 Å². The molecular formula is C70H70N8O2. The summed E-state index contributed by atoms with van der Waals surface area (Å²) >= 11 is 0. The fraction of sp³-hybridized carbons (Fsp3) is 0.229. The average molecular weight is 1060 g/mol. The van der Waals surface area contributed by atoms with Gasteiger partial charge >= 0.3 is 0 Å². The van der Waals surface area contributed by atoms with E-state index in [4.69, 9.17) is 13.6 Å². The first-order valence-corrected chi connectivity index (χ1v) is 27.7. The van der Waals surface area contributed by atoms with Crippen LogP contribution in [0.4, 0.5) is 79.6 Å². The molecule has 0 unspecified atom stereocenters. The average Bonchev–Trinajstić information content (AvgIpc) is 4.42. The fourth-order valence-electron chi connectivity index (χ4n) is 11.8. The fourth-order valence-corrected chi connectivity index (χ4v) is 11.8. The summed E-state index contributed by atoms with van der Waals surface area (Å²) < 4.78 is 38.5. The van der Waals surface area contributed by atoms with Crippen LogP contribution in [-0.4, -0.2) is 40.7 Å². The van der Waals surface area contributed by atoms with Crippen LogP contribution >= 0.6 is 0 Å². The third kappa shape index (κ3) is 9.12. The van der Waals surface area contributed by atoms with Crippen molar-refractivity contribution in [1.82, 2.24) is 0 Å². The van der Waals surface area contributed by atoms with E-state index in [1.807, 2.05) is 59.5 Å². The van der Waals surface area contributed by atoms with Crippen molar-refractivity contribution in [3.8, 4) is 23.0 Å². The maximum atomic E-state index is 8.26. The molecule has 0 saturated heterocycles. The van der Waals surface area contributed by atoms with Crippen LogP contribution in [0.2, 0.25) is 0 Å². The molecule has 4 heterocycles. The third-order valence-electron chi connectivity index (χ3n) is 16.1. The molecule has 0 spiro atoms. The Morgan fingerprint density at radius 1 is 0.325 bits per heavy atom. The molecular weight excluding hydrogens is 985 g/mol. The highest BCUT2D eigenvalue weighted by atomic mass is 16.5. The van der Waals surface area contributed by atoms with Crippen LogP contribution in [0.25, 0.3) is 0 Å². The lowest BCUT2D eigenvalue weighted by atomic mass is 9.86. The molecule has 0 aromatic heterocycles. The highest BCUT2D eigenvalue weighted by molar-refractivity contribution is 5.92. The number of anilines is 14. The first-order chi connectivity index (χ1) is 39.7. The van der Waals surface area contributed by atoms with E-state index in [1.54, 1.807) is 0 Å². The maximum Gasteiger partial charge on any atom is 0.129 e. The number of fused-ring (bicyclic) bond motifs is 4. The van der Waals surface area contributed by atoms with Gasteiger partial charge in [-0.3, -0.25) is 0 Å². The Balaban J connectivity index is 0.784. The number of nitrogens with zero attached hydrogens (tertiary/aromatic N) is 8. The van der Waals surface area contributed by atoms with E-state index in [-0.39, 0.29) is 17.5 Å². The zero-order valence-corrected chi connectivity index (χ0v) is 47.2. The van der Waals surface area contributed by atoms with Gasteiger partial charge in [-0.2, -0.15) is 0 Å². The van der Waals surface area contributed by atoms with Crippen LogP contribution in [-0.2, 0) is 10.8 Å². The van der Waals surface area contributed by atoms with Gasteiger partial charge in [-0.05, 0) is 156 Å². The number of para-hydroxylation sites is 8. The van der Waals surface area contributed by atoms with Crippen molar-refractivity contribution in [2.45, 2.75) is 66.2 Å². The standard InChI is InChI=1S/C70H70N8O2/c1-47-33-68(78-46-76(64-30-16-18-32-66(64)78)54-36-50(70(6,7)8)38-58(42-54)80-56-24-20-22-52(40-56)74-44-72(10)60-26-12-14-28-62(60)74)48(2)34-67(47)77-45-75(63-29-15-17-31-65(63)77)53-35-49(69(3,4)5)37-57(41-53)79-55-23-19-21-51(39-55)73-43-71(9)59-25-11-13-27-61(59)73/h11-42H,43-46H2,1-10H3/i9D3. The monoisotopic (exact) mass is 1060 g/mol. The van der Waals surface area contributed by atoms with Crippen LogP contribution in [0.3, 0.4) is 0 Å². The summed E-state index contributed by atoms with van der Waals surface area (Å²) in [7, 11) is 2.13. The van der Waals surface area contributed by atoms with E-state index in [9.17, 15) is 0 Å². The maximum absolute atomic E-state index is 8.26. The molecule has 0 amide bonds. The summed E-state index contributed by atoms with van der Waals surface area (Å²) in [5.74, 6) is 2.97. The first kappa shape index (κ1) is 47.0. The van der Waals surface area contributed by atoms with E-state index >= 15 is 0 Å². The van der Waals surface area contributed by atoms with E-state index in [2.05, 4.69) is 231 Å². The number of hydrogen-bond donors (Lipinski definition) is 0. The van der Waals surface area contributed by atoms with Crippen LogP contribution < -0.4 is 48.7 Å². The molecule has 10 heteroatoms. The van der Waals surface area contributed by atoms with Gasteiger partial charge < -0.3 is 48.7 Å². The molecule has 0 atom stereocenters. The highest BCUT2D eigenvalue weighted by Crippen LogP contribution is 2.51. The Hall–Kier alpha value is -9.02. The summed E-state index contributed by atoms with van der Waals surface area (Å²) in [5.41, 5.74) is 19.2. The molecule has 0 bridgehead atoms. The molecule has 10 nitrogen and oxygen atoms in total. The lowest BCUT2D eigenvalue weighted by Gasteiger charge is -2.29. The lowest BCUT2D eigenvalue weighted by molar-refractivity contribution is 0.478. The Morgan fingerprint density at radius 3 is 1.06 bits per heavy atom. The summed E-state index contributed by atoms with van der Waals surface area (Å²) in [5, 5.41) is 0. The van der Waals surface area contributed by atoms with Gasteiger partial charge in [0, 0.05) is 76.5 Å². The van der Waals surface area contributed by atoms with Gasteiger partial charge in [-0.15, -0.1) is 0 Å². The number of benzene rings is 9. The van der Waals surface area contributed by atoms with Gasteiger partial charge in [-0.1, -0.05) is 102 Å². The van der Waals surface area contributed by atoms with Gasteiger partial charge in [0.2, 0.25) is 0 Å². The van der Waals surface area contributed by atoms with Gasteiger partial charge in [0.05, 0.1) is 58.8 Å². The minimum atomic E-state index is -2.28. The molecule has 0 fully saturated rings. The van der Waals surface area contributed by atoms with Crippen molar-refractivity contribution in [3.63, 3.8) is 0 Å². The van der Waals surface area contributed by atoms with Crippen LogP contribution in [0.5, 0.6) is 23.0 Å². The molecule has 80 heavy (non-hydrogen) atoms. The van der Waals surface area contributed by atoms with E-state index in [0.29, 0.717) is 24.8 Å². The second kappa shape index (κ2) is 19.4. The lowest BCUT2D eigenvalue weighted by Crippen LogP contribution is -2.26. The van der Waals surface area contributed by atoms with Crippen LogP contribution in [0.15, 0.2) is 194 Å². The van der Waals surface area contributed by atoms with Crippen molar-refractivity contribution in [2.75, 3.05) is 79.9 Å². The molecule has 13 rings (SSSR count). The molecule has 402 valence electrons. The summed E-state index contributed by atoms with van der Waals surface area (Å²) in [6.45, 7) is 17.9. The minimum absolute atomic E-state index is 0.137. The minimum Gasteiger partial charge on any atom is -0.457 e. The van der Waals surface area contributed by atoms with Gasteiger partial charge in [0.15, 0.2) is 0 Å². The molecule has 0 N–H and O–H groups in total. The van der Waals surface area contributed by atoms with Crippen molar-refractivity contribution in [2.24, 2.45) is 0 Å². The zero-order valence-electron chi connectivity index (χ0n) is 50.2. The second-order valence-corrected chi connectivity index (χ2v) is 23.8. The topological polar surface area (TPSA) is 44.4 Å². The van der Waals surface area contributed by atoms with Gasteiger partial charge in [-0.25, -0.2) is 0 Å². The quantitative estimate of drug-likeness (QED) is 0.132. The molecule has 9 aromatic rings. The smallest absolute Gasteiger partial charge is 0.129 e. The van der Waals surface area contributed by atoms with Crippen LogP contribution in [0.1, 0.15) is 67.9 Å². The zero-order chi connectivity index (χ0) is 57.7. The van der Waals surface area contributed by atoms with Crippen LogP contribution in [0, 0.1) is 13.8 Å². The summed E-state index contributed by atoms with van der Waals surface area (Å²) in [6, 6.07) is 68.0. The Morgan fingerprint density at radius 2 is 0.662 bits per heavy atom. The Labute approximate surface area is 476 Å². The molecule has 0 saturated carbocycles.